The van der Waals surface area contributed by atoms with Crippen molar-refractivity contribution in [1.82, 2.24) is 4.90 Å². The van der Waals surface area contributed by atoms with Gasteiger partial charge in [0.1, 0.15) is 5.60 Å². The van der Waals surface area contributed by atoms with Gasteiger partial charge in [-0.25, -0.2) is 4.79 Å². The first-order valence-electron chi connectivity index (χ1n) is 11.1. The number of thiol groups is 1. The molecule has 0 saturated carbocycles. The van der Waals surface area contributed by atoms with Crippen molar-refractivity contribution in [2.75, 3.05) is 29.5 Å². The van der Waals surface area contributed by atoms with Crippen LogP contribution >= 0.6 is 34.2 Å². The Morgan fingerprint density at radius 2 is 1.82 bits per heavy atom. The summed E-state index contributed by atoms with van der Waals surface area (Å²) >= 11 is 4.25. The molecule has 1 fully saturated rings. The van der Waals surface area contributed by atoms with E-state index in [2.05, 4.69) is 24.8 Å². The molecule has 8 heteroatoms. The van der Waals surface area contributed by atoms with E-state index in [9.17, 15) is 9.59 Å². The summed E-state index contributed by atoms with van der Waals surface area (Å²) < 4.78 is 5.50. The number of anilines is 1. The third kappa shape index (κ3) is 7.90. The minimum absolute atomic E-state index is 0.0368. The first-order chi connectivity index (χ1) is 15.8. The number of hydrogen-bond acceptors (Lipinski definition) is 6. The highest BCUT2D eigenvalue weighted by Gasteiger charge is 2.36. The Morgan fingerprint density at radius 3 is 2.45 bits per heavy atom. The van der Waals surface area contributed by atoms with Crippen molar-refractivity contribution in [3.8, 4) is 0 Å². The number of rotatable bonds is 8. The quantitative estimate of drug-likeness (QED) is 0.266. The minimum Gasteiger partial charge on any atom is -0.444 e. The number of hydrogen-bond donors (Lipinski definition) is 1. The summed E-state index contributed by atoms with van der Waals surface area (Å²) in [5.41, 5.74) is 1.38. The molecule has 1 aliphatic rings. The van der Waals surface area contributed by atoms with Crippen LogP contribution in [0.3, 0.4) is 0 Å². The van der Waals surface area contributed by atoms with Gasteiger partial charge in [0.05, 0.1) is 12.5 Å². The fraction of sp³-hybridized carbons (Fsp3) is 0.440. The van der Waals surface area contributed by atoms with Crippen molar-refractivity contribution in [3.63, 3.8) is 0 Å². The van der Waals surface area contributed by atoms with Crippen LogP contribution in [0.5, 0.6) is 0 Å². The Balaban J connectivity index is 1.74. The van der Waals surface area contributed by atoms with Crippen LogP contribution in [0.2, 0.25) is 0 Å². The lowest BCUT2D eigenvalue weighted by atomic mass is 10.1. The molecule has 1 atom stereocenters. The lowest BCUT2D eigenvalue weighted by Crippen LogP contribution is -2.39. The highest BCUT2D eigenvalue weighted by Crippen LogP contribution is 2.33. The number of ether oxygens (including phenoxy) is 1. The highest BCUT2D eigenvalue weighted by molar-refractivity contribution is 8.76. The molecule has 178 valence electrons. The van der Waals surface area contributed by atoms with Crippen molar-refractivity contribution in [1.29, 1.82) is 0 Å². The highest BCUT2D eigenvalue weighted by atomic mass is 33.1. The van der Waals surface area contributed by atoms with Gasteiger partial charge in [0.2, 0.25) is 5.91 Å². The Morgan fingerprint density at radius 1 is 1.12 bits per heavy atom. The Labute approximate surface area is 210 Å². The summed E-state index contributed by atoms with van der Waals surface area (Å²) in [4.78, 5) is 30.7. The molecule has 0 aromatic heterocycles. The molecule has 5 nitrogen and oxygen atoms in total. The number of carbonyl (C=O) groups excluding carboxylic acids is 2. The molecular weight excluding hydrogens is 472 g/mol. The third-order valence-electron chi connectivity index (χ3n) is 5.12. The van der Waals surface area contributed by atoms with Crippen LogP contribution in [0.15, 0.2) is 59.5 Å². The maximum absolute atomic E-state index is 13.6. The standard InChI is InChI=1S/C25H32N2O3S3/c1-25(2,3)30-24(29)26-14-13-20(18-26)23(28)27(17-19-7-5-4-6-8-19)21-9-11-22(12-10-21)33-32-16-15-31/h4-12,20,31H,13-18H2,1-3H3. The first kappa shape index (κ1) is 25.8. The predicted molar refractivity (Wildman–Crippen MR) is 142 cm³/mol. The molecule has 1 saturated heterocycles. The van der Waals surface area contributed by atoms with Crippen molar-refractivity contribution in [2.24, 2.45) is 5.92 Å². The van der Waals surface area contributed by atoms with E-state index < -0.39 is 5.60 Å². The van der Waals surface area contributed by atoms with E-state index in [1.54, 1.807) is 26.5 Å². The van der Waals surface area contributed by atoms with Crippen molar-refractivity contribution in [2.45, 2.75) is 44.2 Å². The molecule has 2 aromatic rings. The Kier molecular flexibility index (Phi) is 9.47. The first-order valence-corrected chi connectivity index (χ1v) is 14.1. The van der Waals surface area contributed by atoms with Gasteiger partial charge in [0.25, 0.3) is 0 Å². The van der Waals surface area contributed by atoms with Crippen LogP contribution in [0, 0.1) is 5.92 Å². The van der Waals surface area contributed by atoms with Gasteiger partial charge in [-0.05, 0) is 57.0 Å². The molecule has 1 unspecified atom stereocenters. The number of nitrogens with zero attached hydrogens (tertiary/aromatic N) is 2. The van der Waals surface area contributed by atoms with Gasteiger partial charge < -0.3 is 14.5 Å². The van der Waals surface area contributed by atoms with Crippen molar-refractivity contribution < 1.29 is 14.3 Å². The van der Waals surface area contributed by atoms with Gasteiger partial charge in [0, 0.05) is 35.2 Å². The average Bonchev–Trinajstić information content (AvgIpc) is 3.28. The molecule has 0 bridgehead atoms. The van der Waals surface area contributed by atoms with E-state index in [1.807, 2.05) is 68.1 Å². The molecule has 0 radical (unpaired) electrons. The molecule has 3 rings (SSSR count). The number of amides is 2. The second-order valence-electron chi connectivity index (χ2n) is 8.94. The van der Waals surface area contributed by atoms with E-state index in [-0.39, 0.29) is 17.9 Å². The number of benzene rings is 2. The number of carbonyl (C=O) groups is 2. The van der Waals surface area contributed by atoms with Gasteiger partial charge in [0.15, 0.2) is 0 Å². The van der Waals surface area contributed by atoms with Gasteiger partial charge in [-0.1, -0.05) is 51.9 Å². The van der Waals surface area contributed by atoms with Gasteiger partial charge >= 0.3 is 6.09 Å². The fourth-order valence-corrected chi connectivity index (χ4v) is 5.99. The Hall–Kier alpha value is -1.77. The summed E-state index contributed by atoms with van der Waals surface area (Å²) in [6.07, 6.45) is 0.282. The zero-order chi connectivity index (χ0) is 23.8. The maximum atomic E-state index is 13.6. The zero-order valence-electron chi connectivity index (χ0n) is 19.4. The summed E-state index contributed by atoms with van der Waals surface area (Å²) in [5.74, 6) is 1.61. The summed E-state index contributed by atoms with van der Waals surface area (Å²) in [6.45, 7) is 6.96. The van der Waals surface area contributed by atoms with E-state index in [0.717, 1.165) is 27.7 Å². The Bertz CT molecular complexity index is 917. The van der Waals surface area contributed by atoms with Crippen LogP contribution in [0.4, 0.5) is 10.5 Å². The summed E-state index contributed by atoms with van der Waals surface area (Å²) in [5, 5.41) is 0. The topological polar surface area (TPSA) is 49.9 Å². The average molecular weight is 505 g/mol. The van der Waals surface area contributed by atoms with E-state index in [4.69, 9.17) is 4.74 Å². The predicted octanol–water partition coefficient (Wildman–Crippen LogP) is 6.15. The lowest BCUT2D eigenvalue weighted by Gasteiger charge is -2.27. The molecule has 33 heavy (non-hydrogen) atoms. The molecule has 1 aliphatic heterocycles. The van der Waals surface area contributed by atoms with Gasteiger partial charge in [-0.3, -0.25) is 4.79 Å². The SMILES string of the molecule is CC(C)(C)OC(=O)N1CCC(C(=O)N(Cc2ccccc2)c2ccc(SSCCS)cc2)C1. The minimum atomic E-state index is -0.552. The normalized spacial score (nSPS) is 16.0. The molecular formula is C25H32N2O3S3. The van der Waals surface area contributed by atoms with Crippen molar-refractivity contribution >= 4 is 51.9 Å². The van der Waals surface area contributed by atoms with Crippen LogP contribution in [0.25, 0.3) is 0 Å². The second-order valence-corrected chi connectivity index (χ2v) is 11.9. The fourth-order valence-electron chi connectivity index (χ4n) is 3.57. The van der Waals surface area contributed by atoms with E-state index >= 15 is 0 Å². The lowest BCUT2D eigenvalue weighted by molar-refractivity contribution is -0.122. The number of likely N-dealkylation sites (tertiary alicyclic amines) is 1. The second kappa shape index (κ2) is 12.1. The van der Waals surface area contributed by atoms with Crippen LogP contribution < -0.4 is 4.90 Å². The largest absolute Gasteiger partial charge is 0.444 e. The summed E-state index contributed by atoms with van der Waals surface area (Å²) in [6, 6.07) is 18.1. The van der Waals surface area contributed by atoms with Gasteiger partial charge in [-0.15, -0.1) is 0 Å². The molecule has 2 aromatic carbocycles. The monoisotopic (exact) mass is 504 g/mol. The molecule has 1 heterocycles. The smallest absolute Gasteiger partial charge is 0.410 e. The molecule has 0 aliphatic carbocycles. The van der Waals surface area contributed by atoms with Crippen LogP contribution in [-0.4, -0.2) is 47.1 Å². The molecule has 2 amide bonds. The molecule has 0 spiro atoms. The third-order valence-corrected chi connectivity index (χ3v) is 8.03. The van der Waals surface area contributed by atoms with Crippen molar-refractivity contribution in [3.05, 3.63) is 60.2 Å². The van der Waals surface area contributed by atoms with Crippen LogP contribution in [-0.2, 0) is 16.1 Å². The van der Waals surface area contributed by atoms with E-state index in [0.29, 0.717) is 26.1 Å². The summed E-state index contributed by atoms with van der Waals surface area (Å²) in [7, 11) is 3.48. The zero-order valence-corrected chi connectivity index (χ0v) is 21.9. The molecule has 0 N–H and O–H groups in total. The van der Waals surface area contributed by atoms with Crippen LogP contribution in [0.1, 0.15) is 32.8 Å². The van der Waals surface area contributed by atoms with E-state index in [1.165, 1.54) is 0 Å². The van der Waals surface area contributed by atoms with Gasteiger partial charge in [-0.2, -0.15) is 12.6 Å². The maximum Gasteiger partial charge on any atom is 0.410 e.